The molecule has 3 nitrogen and oxygen atoms in total. The molecule has 1 aromatic carbocycles. The molecule has 5 heteroatoms. The predicted molar refractivity (Wildman–Crippen MR) is 71.5 cm³/mol. The molecule has 1 atom stereocenters. The van der Waals surface area contributed by atoms with Gasteiger partial charge in [0.2, 0.25) is 10.0 Å². The standard InChI is InChI=1S/C11H16BrNO2S/c1-3-9(2)10-4-6-11(7-5-10)13-16(14,15)8-12/h4-7,9,13H,3,8H2,1-2H3. The van der Waals surface area contributed by atoms with Crippen molar-refractivity contribution in [1.82, 2.24) is 0 Å². The van der Waals surface area contributed by atoms with Crippen LogP contribution < -0.4 is 4.72 Å². The molecule has 0 aliphatic heterocycles. The summed E-state index contributed by atoms with van der Waals surface area (Å²) < 4.78 is 25.0. The lowest BCUT2D eigenvalue weighted by molar-refractivity contribution is 0.606. The van der Waals surface area contributed by atoms with Gasteiger partial charge >= 0.3 is 0 Å². The largest absolute Gasteiger partial charge is 0.283 e. The van der Waals surface area contributed by atoms with Crippen molar-refractivity contribution in [2.45, 2.75) is 26.2 Å². The fourth-order valence-electron chi connectivity index (χ4n) is 1.32. The van der Waals surface area contributed by atoms with Crippen LogP contribution in [0.5, 0.6) is 0 Å². The van der Waals surface area contributed by atoms with Gasteiger partial charge in [-0.2, -0.15) is 0 Å². The normalized spacial score (nSPS) is 13.4. The SMILES string of the molecule is CCC(C)c1ccc(NS(=O)(=O)CBr)cc1. The third-order valence-corrected chi connectivity index (χ3v) is 5.15. The Labute approximate surface area is 105 Å². The van der Waals surface area contributed by atoms with E-state index in [0.29, 0.717) is 11.6 Å². The van der Waals surface area contributed by atoms with Gasteiger partial charge in [0, 0.05) is 5.69 Å². The monoisotopic (exact) mass is 305 g/mol. The van der Waals surface area contributed by atoms with Gasteiger partial charge in [0.05, 0.1) is 0 Å². The molecular weight excluding hydrogens is 290 g/mol. The Kier molecular flexibility index (Phi) is 4.80. The van der Waals surface area contributed by atoms with Gasteiger partial charge in [-0.05, 0) is 30.0 Å². The van der Waals surface area contributed by atoms with Gasteiger partial charge < -0.3 is 0 Å². The average molecular weight is 306 g/mol. The summed E-state index contributed by atoms with van der Waals surface area (Å²) in [5.74, 6) is 0.502. The van der Waals surface area contributed by atoms with Gasteiger partial charge in [-0.25, -0.2) is 8.42 Å². The fraction of sp³-hybridized carbons (Fsp3) is 0.455. The third-order valence-electron chi connectivity index (χ3n) is 2.51. The minimum absolute atomic E-state index is 0.0902. The van der Waals surface area contributed by atoms with Crippen LogP contribution in [0, 0.1) is 0 Å². The van der Waals surface area contributed by atoms with Crippen LogP contribution in [0.15, 0.2) is 24.3 Å². The van der Waals surface area contributed by atoms with Gasteiger partial charge in [0.25, 0.3) is 0 Å². The average Bonchev–Trinajstić information content (AvgIpc) is 2.28. The molecule has 0 fully saturated rings. The van der Waals surface area contributed by atoms with Crippen molar-refractivity contribution in [3.05, 3.63) is 29.8 Å². The molecule has 16 heavy (non-hydrogen) atoms. The van der Waals surface area contributed by atoms with Crippen molar-refractivity contribution in [3.8, 4) is 0 Å². The van der Waals surface area contributed by atoms with Crippen molar-refractivity contribution < 1.29 is 8.42 Å². The Morgan fingerprint density at radius 3 is 2.31 bits per heavy atom. The van der Waals surface area contributed by atoms with Crippen LogP contribution >= 0.6 is 15.9 Å². The van der Waals surface area contributed by atoms with Crippen LogP contribution in [-0.2, 0) is 10.0 Å². The van der Waals surface area contributed by atoms with Gasteiger partial charge in [-0.15, -0.1) is 0 Å². The fourth-order valence-corrected chi connectivity index (χ4v) is 2.22. The highest BCUT2D eigenvalue weighted by molar-refractivity contribution is 9.10. The van der Waals surface area contributed by atoms with E-state index < -0.39 is 10.0 Å². The summed E-state index contributed by atoms with van der Waals surface area (Å²) in [6.07, 6.45) is 1.08. The van der Waals surface area contributed by atoms with E-state index in [1.54, 1.807) is 12.1 Å². The molecule has 0 amide bonds. The van der Waals surface area contributed by atoms with E-state index in [4.69, 9.17) is 0 Å². The van der Waals surface area contributed by atoms with Gasteiger partial charge in [-0.3, -0.25) is 4.72 Å². The third kappa shape index (κ3) is 3.79. The van der Waals surface area contributed by atoms with Crippen molar-refractivity contribution in [1.29, 1.82) is 0 Å². The summed E-state index contributed by atoms with van der Waals surface area (Å²) in [6, 6.07) is 7.50. The van der Waals surface area contributed by atoms with E-state index in [-0.39, 0.29) is 4.66 Å². The van der Waals surface area contributed by atoms with Gasteiger partial charge in [0.15, 0.2) is 0 Å². The Hall–Kier alpha value is -0.550. The number of hydrogen-bond donors (Lipinski definition) is 1. The van der Waals surface area contributed by atoms with Crippen molar-refractivity contribution >= 4 is 31.6 Å². The summed E-state index contributed by atoms with van der Waals surface area (Å²) >= 11 is 2.93. The van der Waals surface area contributed by atoms with E-state index in [1.165, 1.54) is 5.56 Å². The molecule has 0 spiro atoms. The molecule has 0 radical (unpaired) electrons. The van der Waals surface area contributed by atoms with Crippen LogP contribution in [0.1, 0.15) is 31.7 Å². The lowest BCUT2D eigenvalue weighted by Gasteiger charge is -2.10. The smallest absolute Gasteiger partial charge is 0.242 e. The lowest BCUT2D eigenvalue weighted by atomic mass is 9.99. The first-order valence-corrected chi connectivity index (χ1v) is 7.92. The molecule has 0 aromatic heterocycles. The second-order valence-electron chi connectivity index (χ2n) is 3.76. The zero-order chi connectivity index (χ0) is 12.2. The Morgan fingerprint density at radius 2 is 1.88 bits per heavy atom. The molecule has 0 saturated carbocycles. The van der Waals surface area contributed by atoms with Crippen LogP contribution in [0.25, 0.3) is 0 Å². The number of nitrogens with one attached hydrogen (secondary N) is 1. The molecular formula is C11H16BrNO2S. The first-order valence-electron chi connectivity index (χ1n) is 5.15. The van der Waals surface area contributed by atoms with Crippen LogP contribution in [-0.4, -0.2) is 13.1 Å². The number of alkyl halides is 1. The zero-order valence-electron chi connectivity index (χ0n) is 9.40. The summed E-state index contributed by atoms with van der Waals surface area (Å²) in [6.45, 7) is 4.28. The molecule has 0 aliphatic carbocycles. The molecule has 1 rings (SSSR count). The number of halogens is 1. The van der Waals surface area contributed by atoms with Gasteiger partial charge in [0.1, 0.15) is 4.66 Å². The van der Waals surface area contributed by atoms with Crippen LogP contribution in [0.2, 0.25) is 0 Å². The molecule has 0 bridgehead atoms. The van der Waals surface area contributed by atoms with Gasteiger partial charge in [-0.1, -0.05) is 41.9 Å². The maximum Gasteiger partial charge on any atom is 0.242 e. The molecule has 1 aromatic rings. The van der Waals surface area contributed by atoms with Crippen molar-refractivity contribution in [2.24, 2.45) is 0 Å². The predicted octanol–water partition coefficient (Wildman–Crippen LogP) is 3.29. The molecule has 1 N–H and O–H groups in total. The lowest BCUT2D eigenvalue weighted by Crippen LogP contribution is -2.13. The second kappa shape index (κ2) is 5.68. The van der Waals surface area contributed by atoms with Crippen molar-refractivity contribution in [3.63, 3.8) is 0 Å². The minimum atomic E-state index is -3.24. The van der Waals surface area contributed by atoms with E-state index in [1.807, 2.05) is 12.1 Å². The Balaban J connectivity index is 2.80. The molecule has 90 valence electrons. The molecule has 0 saturated heterocycles. The molecule has 0 heterocycles. The quantitative estimate of drug-likeness (QED) is 0.849. The topological polar surface area (TPSA) is 46.2 Å². The Bertz CT molecular complexity index is 428. The van der Waals surface area contributed by atoms with Crippen LogP contribution in [0.3, 0.4) is 0 Å². The number of hydrogen-bond acceptors (Lipinski definition) is 2. The van der Waals surface area contributed by atoms with E-state index in [0.717, 1.165) is 6.42 Å². The zero-order valence-corrected chi connectivity index (χ0v) is 11.8. The van der Waals surface area contributed by atoms with E-state index >= 15 is 0 Å². The van der Waals surface area contributed by atoms with E-state index in [2.05, 4.69) is 34.5 Å². The highest BCUT2D eigenvalue weighted by atomic mass is 79.9. The first-order chi connectivity index (χ1) is 7.48. The van der Waals surface area contributed by atoms with Crippen molar-refractivity contribution in [2.75, 3.05) is 9.38 Å². The molecule has 1 unspecified atom stereocenters. The minimum Gasteiger partial charge on any atom is -0.283 e. The number of sulfonamides is 1. The van der Waals surface area contributed by atoms with Crippen LogP contribution in [0.4, 0.5) is 5.69 Å². The van der Waals surface area contributed by atoms with E-state index in [9.17, 15) is 8.42 Å². The molecule has 0 aliphatic rings. The summed E-state index contributed by atoms with van der Waals surface area (Å²) in [7, 11) is -3.24. The summed E-state index contributed by atoms with van der Waals surface area (Å²) in [4.78, 5) is 0. The maximum atomic E-state index is 11.3. The highest BCUT2D eigenvalue weighted by Gasteiger charge is 2.08. The summed E-state index contributed by atoms with van der Waals surface area (Å²) in [5, 5.41) is 0. The number of rotatable bonds is 5. The first kappa shape index (κ1) is 13.5. The number of benzene rings is 1. The second-order valence-corrected chi connectivity index (χ2v) is 6.78. The Morgan fingerprint density at radius 1 is 1.31 bits per heavy atom. The maximum absolute atomic E-state index is 11.3. The highest BCUT2D eigenvalue weighted by Crippen LogP contribution is 2.21. The summed E-state index contributed by atoms with van der Waals surface area (Å²) in [5.41, 5.74) is 1.83. The number of anilines is 1.